The Labute approximate surface area is 77.9 Å². The number of alkyl halides is 3. The summed E-state index contributed by atoms with van der Waals surface area (Å²) in [5, 5.41) is 0. The first-order valence-electron chi connectivity index (χ1n) is 4.60. The molecule has 0 spiro atoms. The van der Waals surface area contributed by atoms with E-state index in [0.29, 0.717) is 0 Å². The van der Waals surface area contributed by atoms with Gasteiger partial charge in [-0.3, -0.25) is 4.90 Å². The van der Waals surface area contributed by atoms with Crippen LogP contribution in [0.3, 0.4) is 0 Å². The quantitative estimate of drug-likeness (QED) is 0.669. The van der Waals surface area contributed by atoms with E-state index in [1.165, 1.54) is 4.90 Å². The van der Waals surface area contributed by atoms with Crippen LogP contribution in [0, 0.1) is 0 Å². The maximum absolute atomic E-state index is 12.1. The van der Waals surface area contributed by atoms with E-state index in [0.717, 1.165) is 6.42 Å². The van der Waals surface area contributed by atoms with Gasteiger partial charge < -0.3 is 0 Å². The Hall–Kier alpha value is -0.250. The average molecular weight is 197 g/mol. The second-order valence-corrected chi connectivity index (χ2v) is 3.64. The molecule has 4 heteroatoms. The van der Waals surface area contributed by atoms with Crippen molar-refractivity contribution in [3.05, 3.63) is 0 Å². The van der Waals surface area contributed by atoms with E-state index >= 15 is 0 Å². The predicted molar refractivity (Wildman–Crippen MR) is 47.7 cm³/mol. The van der Waals surface area contributed by atoms with Crippen LogP contribution >= 0.6 is 0 Å². The van der Waals surface area contributed by atoms with Gasteiger partial charge in [-0.15, -0.1) is 0 Å². The first-order chi connectivity index (χ1) is 5.78. The molecule has 0 aliphatic rings. The zero-order valence-corrected chi connectivity index (χ0v) is 8.65. The zero-order valence-electron chi connectivity index (χ0n) is 8.65. The van der Waals surface area contributed by atoms with E-state index in [-0.39, 0.29) is 12.1 Å². The average Bonchev–Trinajstić information content (AvgIpc) is 1.96. The van der Waals surface area contributed by atoms with Crippen LogP contribution in [0.15, 0.2) is 0 Å². The van der Waals surface area contributed by atoms with E-state index in [4.69, 9.17) is 0 Å². The fourth-order valence-electron chi connectivity index (χ4n) is 1.29. The Morgan fingerprint density at radius 3 is 1.85 bits per heavy atom. The van der Waals surface area contributed by atoms with Crippen molar-refractivity contribution in [1.82, 2.24) is 4.90 Å². The lowest BCUT2D eigenvalue weighted by molar-refractivity contribution is -0.154. The highest BCUT2D eigenvalue weighted by atomic mass is 19.4. The highest BCUT2D eigenvalue weighted by molar-refractivity contribution is 4.72. The van der Waals surface area contributed by atoms with Crippen LogP contribution in [0.1, 0.15) is 34.1 Å². The summed E-state index contributed by atoms with van der Waals surface area (Å²) in [6.07, 6.45) is -3.35. The molecule has 0 aromatic carbocycles. The van der Waals surface area contributed by atoms with Crippen molar-refractivity contribution in [2.75, 3.05) is 6.54 Å². The van der Waals surface area contributed by atoms with Gasteiger partial charge in [-0.1, -0.05) is 6.92 Å². The summed E-state index contributed by atoms with van der Waals surface area (Å²) in [7, 11) is 0. The molecule has 0 aromatic heterocycles. The number of nitrogens with zero attached hydrogens (tertiary/aromatic N) is 1. The van der Waals surface area contributed by atoms with Crippen molar-refractivity contribution in [3.8, 4) is 0 Å². The Balaban J connectivity index is 4.27. The van der Waals surface area contributed by atoms with Gasteiger partial charge in [-0.05, 0) is 27.2 Å². The smallest absolute Gasteiger partial charge is 0.290 e. The Kier molecular flexibility index (Phi) is 4.75. The molecule has 0 N–H and O–H groups in total. The molecule has 0 heterocycles. The molecule has 0 saturated carbocycles. The summed E-state index contributed by atoms with van der Waals surface area (Å²) in [6, 6.07) is -0.0711. The lowest BCUT2D eigenvalue weighted by Gasteiger charge is -2.32. The van der Waals surface area contributed by atoms with Crippen LogP contribution in [0.4, 0.5) is 13.2 Å². The van der Waals surface area contributed by atoms with E-state index in [2.05, 4.69) is 0 Å². The molecule has 0 saturated heterocycles. The summed E-state index contributed by atoms with van der Waals surface area (Å²) < 4.78 is 36.4. The van der Waals surface area contributed by atoms with E-state index < -0.39 is 12.7 Å². The molecule has 0 aliphatic carbocycles. The molecular weight excluding hydrogens is 179 g/mol. The van der Waals surface area contributed by atoms with Crippen LogP contribution in [0.25, 0.3) is 0 Å². The van der Waals surface area contributed by atoms with Crippen molar-refractivity contribution in [2.45, 2.75) is 52.4 Å². The molecule has 80 valence electrons. The van der Waals surface area contributed by atoms with Crippen molar-refractivity contribution in [1.29, 1.82) is 0 Å². The number of rotatable bonds is 4. The van der Waals surface area contributed by atoms with Crippen molar-refractivity contribution >= 4 is 0 Å². The fraction of sp³-hybridized carbons (Fsp3) is 1.00. The second kappa shape index (κ2) is 4.84. The van der Waals surface area contributed by atoms with Gasteiger partial charge in [-0.25, -0.2) is 0 Å². The molecule has 1 nitrogen and oxygen atoms in total. The van der Waals surface area contributed by atoms with Gasteiger partial charge in [0.15, 0.2) is 0 Å². The minimum absolute atomic E-state index is 0.0124. The number of hydrogen-bond acceptors (Lipinski definition) is 1. The van der Waals surface area contributed by atoms with Gasteiger partial charge in [0.05, 0.1) is 6.54 Å². The zero-order chi connectivity index (χ0) is 10.6. The number of hydrogen-bond donors (Lipinski definition) is 0. The summed E-state index contributed by atoms with van der Waals surface area (Å²) in [5.74, 6) is 0. The summed E-state index contributed by atoms with van der Waals surface area (Å²) >= 11 is 0. The van der Waals surface area contributed by atoms with Gasteiger partial charge >= 0.3 is 6.18 Å². The van der Waals surface area contributed by atoms with Gasteiger partial charge in [0.25, 0.3) is 0 Å². The molecule has 0 rings (SSSR count). The summed E-state index contributed by atoms with van der Waals surface area (Å²) in [6.45, 7) is 6.50. The predicted octanol–water partition coefficient (Wildman–Crippen LogP) is 3.06. The molecule has 1 atom stereocenters. The number of halogens is 3. The highest BCUT2D eigenvalue weighted by Crippen LogP contribution is 2.20. The lowest BCUT2D eigenvalue weighted by atomic mass is 10.2. The highest BCUT2D eigenvalue weighted by Gasteiger charge is 2.33. The Bertz CT molecular complexity index is 142. The van der Waals surface area contributed by atoms with Gasteiger partial charge in [0, 0.05) is 12.1 Å². The van der Waals surface area contributed by atoms with Crippen molar-refractivity contribution in [3.63, 3.8) is 0 Å². The third-order valence-corrected chi connectivity index (χ3v) is 2.18. The SMILES string of the molecule is CCC(C)N(CC(F)(F)F)C(C)C. The molecule has 0 bridgehead atoms. The molecule has 1 unspecified atom stereocenters. The Morgan fingerprint density at radius 2 is 1.62 bits per heavy atom. The van der Waals surface area contributed by atoms with Crippen LogP contribution in [0.5, 0.6) is 0 Å². The molecule has 0 amide bonds. The molecule has 0 aliphatic heterocycles. The molecule has 0 radical (unpaired) electrons. The monoisotopic (exact) mass is 197 g/mol. The lowest BCUT2D eigenvalue weighted by Crippen LogP contribution is -2.44. The Morgan fingerprint density at radius 1 is 1.15 bits per heavy atom. The minimum atomic E-state index is -4.09. The molecule has 0 fully saturated rings. The second-order valence-electron chi connectivity index (χ2n) is 3.64. The molecule has 0 aromatic rings. The first-order valence-corrected chi connectivity index (χ1v) is 4.60. The largest absolute Gasteiger partial charge is 0.401 e. The van der Waals surface area contributed by atoms with Crippen LogP contribution in [-0.4, -0.2) is 29.7 Å². The maximum Gasteiger partial charge on any atom is 0.401 e. The topological polar surface area (TPSA) is 3.24 Å². The first kappa shape index (κ1) is 12.8. The van der Waals surface area contributed by atoms with Crippen molar-refractivity contribution in [2.24, 2.45) is 0 Å². The summed E-state index contributed by atoms with van der Waals surface area (Å²) in [5.41, 5.74) is 0. The van der Waals surface area contributed by atoms with E-state index in [9.17, 15) is 13.2 Å². The fourth-order valence-corrected chi connectivity index (χ4v) is 1.29. The third-order valence-electron chi connectivity index (χ3n) is 2.18. The van der Waals surface area contributed by atoms with Gasteiger partial charge in [-0.2, -0.15) is 13.2 Å². The van der Waals surface area contributed by atoms with Crippen LogP contribution in [-0.2, 0) is 0 Å². The third kappa shape index (κ3) is 5.13. The molecular formula is C9H18F3N. The van der Waals surface area contributed by atoms with Crippen LogP contribution in [0.2, 0.25) is 0 Å². The minimum Gasteiger partial charge on any atom is -0.290 e. The van der Waals surface area contributed by atoms with Crippen LogP contribution < -0.4 is 0 Å². The van der Waals surface area contributed by atoms with Gasteiger partial charge in [0.1, 0.15) is 0 Å². The van der Waals surface area contributed by atoms with E-state index in [1.54, 1.807) is 13.8 Å². The molecule has 13 heavy (non-hydrogen) atoms. The standard InChI is InChI=1S/C9H18F3N/c1-5-8(4)13(7(2)3)6-9(10,11)12/h7-8H,5-6H2,1-4H3. The summed E-state index contributed by atoms with van der Waals surface area (Å²) in [4.78, 5) is 1.47. The van der Waals surface area contributed by atoms with E-state index in [1.807, 2.05) is 13.8 Å². The van der Waals surface area contributed by atoms with Gasteiger partial charge in [0.2, 0.25) is 0 Å². The normalized spacial score (nSPS) is 15.5. The van der Waals surface area contributed by atoms with Crippen molar-refractivity contribution < 1.29 is 13.2 Å². The maximum atomic E-state index is 12.1.